The molecule has 8 heteroatoms. The summed E-state index contributed by atoms with van der Waals surface area (Å²) < 4.78 is 3.25. The number of hydrazone groups is 1. The molecule has 1 aliphatic rings. The van der Waals surface area contributed by atoms with Crippen molar-refractivity contribution in [1.29, 1.82) is 0 Å². The Bertz CT molecular complexity index is 838. The lowest BCUT2D eigenvalue weighted by molar-refractivity contribution is -0.110. The number of nitroso groups, excluding NO2 is 1. The summed E-state index contributed by atoms with van der Waals surface area (Å²) in [7, 11) is 0. The Hall–Kier alpha value is -2.71. The van der Waals surface area contributed by atoms with E-state index in [1.165, 1.54) is 11.9 Å². The van der Waals surface area contributed by atoms with Crippen molar-refractivity contribution in [3.8, 4) is 0 Å². The number of hydrogen-bond acceptors (Lipinski definition) is 7. The topological polar surface area (TPSA) is 94.9 Å². The average Bonchev–Trinajstić information content (AvgIpc) is 2.95. The highest BCUT2D eigenvalue weighted by molar-refractivity contribution is 7.97. The molecule has 1 aliphatic heterocycles. The highest BCUT2D eigenvalue weighted by Crippen LogP contribution is 2.29. The number of anilines is 2. The molecule has 3 N–H and O–H groups in total. The van der Waals surface area contributed by atoms with E-state index in [2.05, 4.69) is 32.7 Å². The maximum atomic E-state index is 12.2. The van der Waals surface area contributed by atoms with Crippen molar-refractivity contribution in [2.75, 3.05) is 17.3 Å². The fourth-order valence-corrected chi connectivity index (χ4v) is 3.09. The number of carbonyl (C=O) groups excluding carboxylic acids is 1. The molecule has 0 saturated heterocycles. The van der Waals surface area contributed by atoms with E-state index in [1.54, 1.807) is 24.3 Å². The van der Waals surface area contributed by atoms with E-state index in [4.69, 9.17) is 0 Å². The zero-order valence-corrected chi connectivity index (χ0v) is 14.4. The number of carbonyl (C=O) groups is 1. The first-order valence-corrected chi connectivity index (χ1v) is 8.66. The van der Waals surface area contributed by atoms with Crippen LogP contribution in [0.3, 0.4) is 0 Å². The molecule has 2 aromatic carbocycles. The van der Waals surface area contributed by atoms with Gasteiger partial charge >= 0.3 is 0 Å². The largest absolute Gasteiger partial charge is 0.320 e. The fourth-order valence-electron chi connectivity index (χ4n) is 2.31. The van der Waals surface area contributed by atoms with Crippen LogP contribution in [0.15, 0.2) is 57.6 Å². The third-order valence-electron chi connectivity index (χ3n) is 3.54. The lowest BCUT2D eigenvalue weighted by Crippen LogP contribution is -2.15. The van der Waals surface area contributed by atoms with Gasteiger partial charge in [0.05, 0.1) is 11.4 Å². The first-order chi connectivity index (χ1) is 12.2. The van der Waals surface area contributed by atoms with Crippen LogP contribution in [0.5, 0.6) is 0 Å². The van der Waals surface area contributed by atoms with Crippen molar-refractivity contribution in [2.45, 2.75) is 18.2 Å². The van der Waals surface area contributed by atoms with E-state index in [-0.39, 0.29) is 17.3 Å². The Morgan fingerprint density at radius 3 is 2.84 bits per heavy atom. The van der Waals surface area contributed by atoms with Gasteiger partial charge in [-0.3, -0.25) is 14.9 Å². The van der Waals surface area contributed by atoms with Gasteiger partial charge in [0, 0.05) is 17.0 Å². The number of benzene rings is 2. The minimum atomic E-state index is -0.289. The van der Waals surface area contributed by atoms with Gasteiger partial charge in [-0.1, -0.05) is 19.1 Å². The van der Waals surface area contributed by atoms with Crippen molar-refractivity contribution in [1.82, 2.24) is 4.72 Å². The zero-order chi connectivity index (χ0) is 17.6. The van der Waals surface area contributed by atoms with Crippen LogP contribution in [0.2, 0.25) is 0 Å². The van der Waals surface area contributed by atoms with Gasteiger partial charge in [0.15, 0.2) is 5.71 Å². The predicted molar refractivity (Wildman–Crippen MR) is 101 cm³/mol. The summed E-state index contributed by atoms with van der Waals surface area (Å²) in [6.45, 7) is 3.00. The van der Waals surface area contributed by atoms with Crippen molar-refractivity contribution in [3.63, 3.8) is 0 Å². The van der Waals surface area contributed by atoms with Gasteiger partial charge in [0.1, 0.15) is 5.69 Å². The standard InChI is InChI=1S/C17H17N5O2S/c1-2-9-18-25-11-7-8-13-12(10-11)16(17(23)19-13)21-20-14-5-3-4-6-15(14)22-24/h3-8,10,18,20H,2,9H2,1H3,(H,19,21,23). The third kappa shape index (κ3) is 3.86. The zero-order valence-electron chi connectivity index (χ0n) is 13.6. The quantitative estimate of drug-likeness (QED) is 0.303. The first kappa shape index (κ1) is 17.1. The van der Waals surface area contributed by atoms with Crippen LogP contribution < -0.4 is 15.5 Å². The van der Waals surface area contributed by atoms with E-state index in [0.717, 1.165) is 23.4 Å². The molecule has 0 aliphatic carbocycles. The minimum Gasteiger partial charge on any atom is -0.320 e. The van der Waals surface area contributed by atoms with Gasteiger partial charge < -0.3 is 5.32 Å². The third-order valence-corrected chi connectivity index (χ3v) is 4.38. The molecule has 128 valence electrons. The van der Waals surface area contributed by atoms with Gasteiger partial charge in [-0.05, 0) is 53.9 Å². The predicted octanol–water partition coefficient (Wildman–Crippen LogP) is 3.86. The molecule has 0 atom stereocenters. The molecule has 0 saturated carbocycles. The monoisotopic (exact) mass is 355 g/mol. The molecule has 3 rings (SSSR count). The molecule has 0 spiro atoms. The molecule has 0 aromatic heterocycles. The van der Waals surface area contributed by atoms with Crippen LogP contribution in [-0.2, 0) is 4.79 Å². The van der Waals surface area contributed by atoms with Crippen LogP contribution >= 0.6 is 11.9 Å². The summed E-state index contributed by atoms with van der Waals surface area (Å²) in [6.07, 6.45) is 1.04. The minimum absolute atomic E-state index is 0.235. The Labute approximate surface area is 149 Å². The molecular weight excluding hydrogens is 338 g/mol. The highest BCUT2D eigenvalue weighted by Gasteiger charge is 2.26. The van der Waals surface area contributed by atoms with Gasteiger partial charge in [-0.15, -0.1) is 4.91 Å². The Morgan fingerprint density at radius 2 is 2.04 bits per heavy atom. The molecule has 2 aromatic rings. The van der Waals surface area contributed by atoms with E-state index in [0.29, 0.717) is 11.4 Å². The lowest BCUT2D eigenvalue weighted by atomic mass is 10.1. The Balaban J connectivity index is 1.84. The molecule has 0 unspecified atom stereocenters. The summed E-state index contributed by atoms with van der Waals surface area (Å²) in [4.78, 5) is 24.0. The molecule has 0 radical (unpaired) electrons. The number of hydrogen-bond donors (Lipinski definition) is 3. The SMILES string of the molecule is CCCNSc1ccc2c(c1)/C(=N/Nc1ccccc1N=O)C(=O)N2. The number of fused-ring (bicyclic) bond motifs is 1. The maximum absolute atomic E-state index is 12.2. The van der Waals surface area contributed by atoms with Crippen molar-refractivity contribution in [3.05, 3.63) is 52.9 Å². The van der Waals surface area contributed by atoms with Gasteiger partial charge in [0.25, 0.3) is 5.91 Å². The number of rotatable bonds is 7. The summed E-state index contributed by atoms with van der Waals surface area (Å²) in [5.41, 5.74) is 5.15. The molecule has 25 heavy (non-hydrogen) atoms. The van der Waals surface area contributed by atoms with Crippen molar-refractivity contribution < 1.29 is 4.79 Å². The number of nitrogens with zero attached hydrogens (tertiary/aromatic N) is 2. The molecule has 1 heterocycles. The second-order valence-electron chi connectivity index (χ2n) is 5.34. The van der Waals surface area contributed by atoms with Crippen LogP contribution in [-0.4, -0.2) is 18.2 Å². The number of para-hydroxylation sites is 1. The normalized spacial score (nSPS) is 14.3. The Morgan fingerprint density at radius 1 is 1.20 bits per heavy atom. The molecule has 1 amide bonds. The lowest BCUT2D eigenvalue weighted by Gasteiger charge is -2.05. The van der Waals surface area contributed by atoms with Crippen LogP contribution in [0.1, 0.15) is 18.9 Å². The van der Waals surface area contributed by atoms with Crippen molar-refractivity contribution in [2.24, 2.45) is 10.3 Å². The highest BCUT2D eigenvalue weighted by atomic mass is 32.2. The molecule has 0 fully saturated rings. The molecular formula is C17H17N5O2S. The maximum Gasteiger partial charge on any atom is 0.276 e. The summed E-state index contributed by atoms with van der Waals surface area (Å²) >= 11 is 1.51. The first-order valence-electron chi connectivity index (χ1n) is 7.84. The van der Waals surface area contributed by atoms with Gasteiger partial charge in [-0.2, -0.15) is 5.10 Å². The summed E-state index contributed by atoms with van der Waals surface area (Å²) in [5.74, 6) is -0.289. The number of nitrogens with one attached hydrogen (secondary N) is 3. The van der Waals surface area contributed by atoms with E-state index < -0.39 is 0 Å². The van der Waals surface area contributed by atoms with E-state index >= 15 is 0 Å². The van der Waals surface area contributed by atoms with E-state index in [9.17, 15) is 9.70 Å². The van der Waals surface area contributed by atoms with E-state index in [1.807, 2.05) is 18.2 Å². The van der Waals surface area contributed by atoms with Crippen LogP contribution in [0.25, 0.3) is 0 Å². The van der Waals surface area contributed by atoms with Crippen LogP contribution in [0.4, 0.5) is 17.1 Å². The van der Waals surface area contributed by atoms with Crippen molar-refractivity contribution >= 4 is 40.6 Å². The molecule has 7 nitrogen and oxygen atoms in total. The summed E-state index contributed by atoms with van der Waals surface area (Å²) in [6, 6.07) is 12.4. The Kier molecular flexibility index (Phi) is 5.42. The second-order valence-corrected chi connectivity index (χ2v) is 6.30. The summed E-state index contributed by atoms with van der Waals surface area (Å²) in [5, 5.41) is 9.91. The second kappa shape index (κ2) is 7.91. The smallest absolute Gasteiger partial charge is 0.276 e. The fraction of sp³-hybridized carbons (Fsp3) is 0.176. The van der Waals surface area contributed by atoms with Gasteiger partial charge in [-0.25, -0.2) is 0 Å². The number of amides is 1. The molecule has 0 bridgehead atoms. The van der Waals surface area contributed by atoms with Crippen LogP contribution in [0, 0.1) is 4.91 Å². The van der Waals surface area contributed by atoms with Gasteiger partial charge in [0.2, 0.25) is 0 Å². The average molecular weight is 355 g/mol.